The number of aliphatic hydroxyl groups excluding tert-OH is 1. The van der Waals surface area contributed by atoms with Gasteiger partial charge in [-0.05, 0) is 67.9 Å². The number of alkyl halides is 1. The van der Waals surface area contributed by atoms with Gasteiger partial charge in [-0.3, -0.25) is 9.59 Å². The van der Waals surface area contributed by atoms with Crippen LogP contribution in [0.25, 0.3) is 0 Å². The van der Waals surface area contributed by atoms with Crippen molar-refractivity contribution in [2.75, 3.05) is 0 Å². The molecular weight excluding hydrogens is 348 g/mol. The van der Waals surface area contributed by atoms with Gasteiger partial charge in [-0.25, -0.2) is 0 Å². The van der Waals surface area contributed by atoms with Gasteiger partial charge in [0.25, 0.3) is 0 Å². The van der Waals surface area contributed by atoms with E-state index in [1.54, 1.807) is 19.1 Å². The molecule has 4 aliphatic carbocycles. The van der Waals surface area contributed by atoms with Crippen molar-refractivity contribution in [2.24, 2.45) is 34.5 Å². The number of carbonyl (C=O) groups excluding carboxylic acids is 2. The number of Topliss-reactive ketones (excluding diaryl/α,β-unsaturated/α-hetero) is 1. The highest BCUT2D eigenvalue weighted by molar-refractivity contribution is 6.26. The van der Waals surface area contributed by atoms with Gasteiger partial charge < -0.3 is 5.11 Å². The van der Waals surface area contributed by atoms with Crippen LogP contribution < -0.4 is 0 Å². The Hall–Kier alpha value is -0.930. The molecule has 0 bridgehead atoms. The van der Waals surface area contributed by atoms with Crippen LogP contribution in [0.3, 0.4) is 0 Å². The monoisotopic (exact) mass is 376 g/mol. The molecule has 3 saturated carbocycles. The fourth-order valence-corrected chi connectivity index (χ4v) is 7.97. The maximum Gasteiger partial charge on any atom is 0.178 e. The average Bonchev–Trinajstić information content (AvgIpc) is 2.80. The van der Waals surface area contributed by atoms with Gasteiger partial charge in [-0.2, -0.15) is 0 Å². The minimum atomic E-state index is -0.816. The smallest absolute Gasteiger partial charge is 0.178 e. The fraction of sp³-hybridized carbons (Fsp3) is 0.727. The van der Waals surface area contributed by atoms with Crippen LogP contribution in [0, 0.1) is 34.5 Å². The topological polar surface area (TPSA) is 54.4 Å². The average molecular weight is 377 g/mol. The third kappa shape index (κ3) is 2.05. The van der Waals surface area contributed by atoms with E-state index in [2.05, 4.69) is 20.8 Å². The Kier molecular flexibility index (Phi) is 3.93. The molecule has 4 aliphatic rings. The molecule has 3 nitrogen and oxygen atoms in total. The maximum atomic E-state index is 12.4. The molecule has 3 fully saturated rings. The van der Waals surface area contributed by atoms with Crippen molar-refractivity contribution in [1.29, 1.82) is 0 Å². The number of carbonyl (C=O) groups is 2. The Morgan fingerprint density at radius 1 is 1.31 bits per heavy atom. The van der Waals surface area contributed by atoms with Gasteiger partial charge in [0.05, 0.1) is 11.0 Å². The Morgan fingerprint density at radius 3 is 2.65 bits per heavy atom. The first kappa shape index (κ1) is 18.4. The molecule has 0 aromatic heterocycles. The molecule has 0 saturated heterocycles. The summed E-state index contributed by atoms with van der Waals surface area (Å²) in [7, 11) is 0. The summed E-state index contributed by atoms with van der Waals surface area (Å²) in [6.45, 7) is 8.14. The maximum absolute atomic E-state index is 12.4. The molecule has 0 spiro atoms. The number of aliphatic hydroxyl groups is 1. The van der Waals surface area contributed by atoms with E-state index in [4.69, 9.17) is 11.6 Å². The summed E-state index contributed by atoms with van der Waals surface area (Å²) in [5, 5.41) is 11.3. The van der Waals surface area contributed by atoms with Crippen molar-refractivity contribution in [3.8, 4) is 0 Å². The Balaban J connectivity index is 1.82. The lowest BCUT2D eigenvalue weighted by atomic mass is 9.46. The second-order valence-electron chi connectivity index (χ2n) is 9.65. The van der Waals surface area contributed by atoms with Gasteiger partial charge in [0, 0.05) is 11.3 Å². The van der Waals surface area contributed by atoms with Crippen LogP contribution in [0.4, 0.5) is 0 Å². The first-order valence-corrected chi connectivity index (χ1v) is 10.2. The summed E-state index contributed by atoms with van der Waals surface area (Å²) in [4.78, 5) is 23.5. The van der Waals surface area contributed by atoms with Crippen LogP contribution in [0.2, 0.25) is 0 Å². The van der Waals surface area contributed by atoms with Crippen molar-refractivity contribution in [1.82, 2.24) is 0 Å². The van der Waals surface area contributed by atoms with E-state index in [-0.39, 0.29) is 28.8 Å². The summed E-state index contributed by atoms with van der Waals surface area (Å²) in [5.41, 5.74) is 0.344. The lowest BCUT2D eigenvalue weighted by molar-refractivity contribution is -0.134. The Morgan fingerprint density at radius 2 is 2.00 bits per heavy atom. The first-order chi connectivity index (χ1) is 12.1. The molecule has 1 N–H and O–H groups in total. The minimum Gasteiger partial charge on any atom is -0.391 e. The van der Waals surface area contributed by atoms with Gasteiger partial charge in [0.15, 0.2) is 5.78 Å². The van der Waals surface area contributed by atoms with Crippen LogP contribution in [-0.4, -0.2) is 27.7 Å². The lowest BCUT2D eigenvalue weighted by Crippen LogP contribution is -2.66. The third-order valence-corrected chi connectivity index (χ3v) is 9.34. The van der Waals surface area contributed by atoms with E-state index < -0.39 is 16.4 Å². The molecule has 0 unspecified atom stereocenters. The van der Waals surface area contributed by atoms with Gasteiger partial charge in [-0.15, -0.1) is 11.6 Å². The van der Waals surface area contributed by atoms with Crippen LogP contribution in [0.5, 0.6) is 0 Å². The summed E-state index contributed by atoms with van der Waals surface area (Å²) < 4.78 is 0. The molecule has 0 aromatic rings. The van der Waals surface area contributed by atoms with Gasteiger partial charge in [0.1, 0.15) is 5.78 Å². The molecule has 0 amide bonds. The molecule has 0 radical (unpaired) electrons. The van der Waals surface area contributed by atoms with Gasteiger partial charge in [0.2, 0.25) is 0 Å². The van der Waals surface area contributed by atoms with E-state index in [1.165, 1.54) is 0 Å². The fourth-order valence-electron chi connectivity index (χ4n) is 7.44. The highest BCUT2D eigenvalue weighted by atomic mass is 35.5. The normalized spacial score (nSPS) is 52.8. The molecule has 4 heteroatoms. The summed E-state index contributed by atoms with van der Waals surface area (Å²) in [5.74, 6) is 1.04. The van der Waals surface area contributed by atoms with Crippen LogP contribution >= 0.6 is 11.6 Å². The molecule has 26 heavy (non-hydrogen) atoms. The molecule has 0 heterocycles. The highest BCUT2D eigenvalue weighted by Gasteiger charge is 2.70. The van der Waals surface area contributed by atoms with Crippen LogP contribution in [0.1, 0.15) is 53.4 Å². The van der Waals surface area contributed by atoms with E-state index in [1.807, 2.05) is 6.08 Å². The molecule has 0 aromatic carbocycles. The number of fused-ring (bicyclic) bond motifs is 5. The summed E-state index contributed by atoms with van der Waals surface area (Å²) in [6, 6.07) is 0. The largest absolute Gasteiger partial charge is 0.391 e. The van der Waals surface area contributed by atoms with Crippen molar-refractivity contribution in [3.05, 3.63) is 23.8 Å². The van der Waals surface area contributed by atoms with E-state index in [0.29, 0.717) is 18.3 Å². The molecule has 8 atom stereocenters. The van der Waals surface area contributed by atoms with Gasteiger partial charge >= 0.3 is 0 Å². The predicted molar refractivity (Wildman–Crippen MR) is 102 cm³/mol. The Labute approximate surface area is 160 Å². The quantitative estimate of drug-likeness (QED) is 0.701. The summed E-state index contributed by atoms with van der Waals surface area (Å²) >= 11 is 7.36. The predicted octanol–water partition coefficient (Wildman–Crippen LogP) is 4.08. The molecule has 142 valence electrons. The SMILES string of the molecule is CC(=O)[C@H]1[C@@H](C)C[C@H]2[C@@H]3CCC4=CC(=O)C=C[C@]4(C)[C@@]3(Cl)[C@@H](O)C[C@@]21C. The number of ketones is 2. The molecule has 0 aliphatic heterocycles. The zero-order valence-electron chi connectivity index (χ0n) is 16.1. The second-order valence-corrected chi connectivity index (χ2v) is 10.3. The van der Waals surface area contributed by atoms with Gasteiger partial charge in [-0.1, -0.05) is 32.4 Å². The minimum absolute atomic E-state index is 0.00316. The zero-order valence-corrected chi connectivity index (χ0v) is 16.8. The van der Waals surface area contributed by atoms with Crippen LogP contribution in [0.15, 0.2) is 23.8 Å². The number of halogens is 1. The first-order valence-electron chi connectivity index (χ1n) is 9.87. The molecular formula is C22H29ClO3. The summed E-state index contributed by atoms with van der Waals surface area (Å²) in [6.07, 6.45) is 7.81. The number of allylic oxidation sites excluding steroid dienone is 4. The van der Waals surface area contributed by atoms with E-state index in [9.17, 15) is 14.7 Å². The van der Waals surface area contributed by atoms with E-state index in [0.717, 1.165) is 24.8 Å². The molecule has 4 rings (SSSR count). The number of hydrogen-bond donors (Lipinski definition) is 1. The lowest BCUT2D eigenvalue weighted by Gasteiger charge is -2.63. The van der Waals surface area contributed by atoms with Crippen LogP contribution in [-0.2, 0) is 9.59 Å². The van der Waals surface area contributed by atoms with Crippen molar-refractivity contribution in [3.63, 3.8) is 0 Å². The van der Waals surface area contributed by atoms with Crippen molar-refractivity contribution in [2.45, 2.75) is 64.4 Å². The van der Waals surface area contributed by atoms with E-state index >= 15 is 0 Å². The van der Waals surface area contributed by atoms with Crippen molar-refractivity contribution >= 4 is 23.2 Å². The second kappa shape index (κ2) is 5.54. The Bertz CT molecular complexity index is 740. The highest BCUT2D eigenvalue weighted by Crippen LogP contribution is 2.70. The zero-order chi connectivity index (χ0) is 19.1. The van der Waals surface area contributed by atoms with Crippen molar-refractivity contribution < 1.29 is 14.7 Å². The number of hydrogen-bond acceptors (Lipinski definition) is 3. The standard InChI is InChI=1S/C22H29ClO3/c1-12-9-17-16-6-5-14-10-15(25)7-8-21(14,4)22(16,23)18(26)11-20(17,3)19(12)13(2)24/h7-8,10,12,16-19,26H,5-6,9,11H2,1-4H3/t12-,16-,17-,18-,19+,20-,21-,22-/m0/s1. The number of rotatable bonds is 1. The third-order valence-electron chi connectivity index (χ3n) is 8.42.